The molecule has 1 N–H and O–H groups in total. The highest BCUT2D eigenvalue weighted by molar-refractivity contribution is 5.78. The number of carbonyl (C=O) groups is 1. The van der Waals surface area contributed by atoms with Crippen molar-refractivity contribution in [1.29, 1.82) is 0 Å². The van der Waals surface area contributed by atoms with E-state index in [0.717, 1.165) is 38.9 Å². The van der Waals surface area contributed by atoms with Gasteiger partial charge in [0.15, 0.2) is 0 Å². The Bertz CT molecular complexity index is 490. The number of hydrogen-bond donors (Lipinski definition) is 1. The van der Waals surface area contributed by atoms with E-state index in [1.807, 2.05) is 12.1 Å². The number of nitrogens with one attached hydrogen (secondary N) is 1. The summed E-state index contributed by atoms with van der Waals surface area (Å²) in [5.74, 6) is 0.627. The van der Waals surface area contributed by atoms with Crippen molar-refractivity contribution in [3.05, 3.63) is 35.6 Å². The number of piperidine rings is 1. The quantitative estimate of drug-likeness (QED) is 0.875. The first-order valence-electron chi connectivity index (χ1n) is 8.29. The molecule has 1 saturated heterocycles. The number of amides is 1. The Morgan fingerprint density at radius 2 is 2.18 bits per heavy atom. The van der Waals surface area contributed by atoms with E-state index in [2.05, 4.69) is 24.1 Å². The van der Waals surface area contributed by atoms with Crippen molar-refractivity contribution in [2.75, 3.05) is 19.6 Å². The molecule has 0 spiro atoms. The summed E-state index contributed by atoms with van der Waals surface area (Å²) in [5, 5.41) is 3.04. The maximum Gasteiger partial charge on any atom is 0.224 e. The molecule has 0 aliphatic carbocycles. The summed E-state index contributed by atoms with van der Waals surface area (Å²) in [6.45, 7) is 7.31. The maximum absolute atomic E-state index is 13.7. The zero-order valence-corrected chi connectivity index (χ0v) is 13.6. The highest BCUT2D eigenvalue weighted by Gasteiger charge is 2.25. The number of halogens is 1. The van der Waals surface area contributed by atoms with Crippen LogP contribution in [0.2, 0.25) is 0 Å². The SMILES string of the molecule is CC(C)CCNC(=O)C1CCCN(Cc2ccccc2F)C1. The van der Waals surface area contributed by atoms with E-state index in [1.165, 1.54) is 6.07 Å². The Labute approximate surface area is 132 Å². The lowest BCUT2D eigenvalue weighted by Gasteiger charge is -2.32. The molecule has 1 amide bonds. The summed E-state index contributed by atoms with van der Waals surface area (Å²) >= 11 is 0. The van der Waals surface area contributed by atoms with E-state index in [4.69, 9.17) is 0 Å². The lowest BCUT2D eigenvalue weighted by atomic mass is 9.96. The van der Waals surface area contributed by atoms with Crippen LogP contribution in [0, 0.1) is 17.7 Å². The van der Waals surface area contributed by atoms with Crippen LogP contribution in [0.3, 0.4) is 0 Å². The van der Waals surface area contributed by atoms with Crippen molar-refractivity contribution in [3.8, 4) is 0 Å². The monoisotopic (exact) mass is 306 g/mol. The third kappa shape index (κ3) is 5.09. The predicted molar refractivity (Wildman–Crippen MR) is 86.9 cm³/mol. The second kappa shape index (κ2) is 8.28. The van der Waals surface area contributed by atoms with Gasteiger partial charge in [0.1, 0.15) is 5.82 Å². The summed E-state index contributed by atoms with van der Waals surface area (Å²) in [6, 6.07) is 6.88. The van der Waals surface area contributed by atoms with Crippen LogP contribution in [0.15, 0.2) is 24.3 Å². The van der Waals surface area contributed by atoms with Crippen molar-refractivity contribution in [3.63, 3.8) is 0 Å². The molecule has 1 aliphatic rings. The van der Waals surface area contributed by atoms with Gasteiger partial charge < -0.3 is 5.32 Å². The fourth-order valence-corrected chi connectivity index (χ4v) is 2.91. The van der Waals surface area contributed by atoms with E-state index < -0.39 is 0 Å². The van der Waals surface area contributed by atoms with E-state index >= 15 is 0 Å². The summed E-state index contributed by atoms with van der Waals surface area (Å²) < 4.78 is 13.7. The molecule has 0 saturated carbocycles. The molecule has 1 atom stereocenters. The smallest absolute Gasteiger partial charge is 0.224 e. The van der Waals surface area contributed by atoms with Crippen LogP contribution in [0.4, 0.5) is 4.39 Å². The Morgan fingerprint density at radius 3 is 2.91 bits per heavy atom. The molecular weight excluding hydrogens is 279 g/mol. The lowest BCUT2D eigenvalue weighted by Crippen LogP contribution is -2.43. The summed E-state index contributed by atoms with van der Waals surface area (Å²) in [5.41, 5.74) is 0.711. The third-order valence-corrected chi connectivity index (χ3v) is 4.25. The molecule has 0 aromatic heterocycles. The second-order valence-corrected chi connectivity index (χ2v) is 6.64. The molecule has 2 rings (SSSR count). The average Bonchev–Trinajstić information content (AvgIpc) is 2.49. The van der Waals surface area contributed by atoms with E-state index in [0.29, 0.717) is 18.0 Å². The number of rotatable bonds is 6. The normalized spacial score (nSPS) is 19.4. The molecule has 0 bridgehead atoms. The molecule has 122 valence electrons. The van der Waals surface area contributed by atoms with Gasteiger partial charge in [0, 0.05) is 25.2 Å². The van der Waals surface area contributed by atoms with Gasteiger partial charge in [-0.3, -0.25) is 9.69 Å². The predicted octanol–water partition coefficient (Wildman–Crippen LogP) is 3.20. The molecule has 1 unspecified atom stereocenters. The molecule has 1 fully saturated rings. The molecule has 1 heterocycles. The summed E-state index contributed by atoms with van der Waals surface area (Å²) in [7, 11) is 0. The third-order valence-electron chi connectivity index (χ3n) is 4.25. The van der Waals surface area contributed by atoms with Gasteiger partial charge >= 0.3 is 0 Å². The molecule has 1 aromatic carbocycles. The number of benzene rings is 1. The molecular formula is C18H27FN2O. The van der Waals surface area contributed by atoms with Crippen molar-refractivity contribution >= 4 is 5.91 Å². The molecule has 1 aromatic rings. The Hall–Kier alpha value is -1.42. The van der Waals surface area contributed by atoms with Crippen LogP contribution >= 0.6 is 0 Å². The Kier molecular flexibility index (Phi) is 6.37. The van der Waals surface area contributed by atoms with Gasteiger partial charge in [0.05, 0.1) is 5.92 Å². The first-order valence-corrected chi connectivity index (χ1v) is 8.29. The highest BCUT2D eigenvalue weighted by atomic mass is 19.1. The van der Waals surface area contributed by atoms with Crippen molar-refractivity contribution in [1.82, 2.24) is 10.2 Å². The van der Waals surface area contributed by atoms with Crippen LogP contribution in [0.5, 0.6) is 0 Å². The van der Waals surface area contributed by atoms with Crippen molar-refractivity contribution in [2.24, 2.45) is 11.8 Å². The minimum atomic E-state index is -0.161. The number of hydrogen-bond acceptors (Lipinski definition) is 2. The second-order valence-electron chi connectivity index (χ2n) is 6.64. The van der Waals surface area contributed by atoms with E-state index in [1.54, 1.807) is 6.07 Å². The summed E-state index contributed by atoms with van der Waals surface area (Å²) in [4.78, 5) is 14.4. The average molecular weight is 306 g/mol. The zero-order valence-electron chi connectivity index (χ0n) is 13.6. The van der Waals surface area contributed by atoms with Crippen LogP contribution in [0.25, 0.3) is 0 Å². The minimum Gasteiger partial charge on any atom is -0.356 e. The topological polar surface area (TPSA) is 32.3 Å². The molecule has 1 aliphatic heterocycles. The number of carbonyl (C=O) groups excluding carboxylic acids is 1. The van der Waals surface area contributed by atoms with Crippen LogP contribution in [-0.2, 0) is 11.3 Å². The zero-order chi connectivity index (χ0) is 15.9. The van der Waals surface area contributed by atoms with Gasteiger partial charge in [-0.1, -0.05) is 32.0 Å². The summed E-state index contributed by atoms with van der Waals surface area (Å²) in [6.07, 6.45) is 2.94. The standard InChI is InChI=1S/C18H27FN2O/c1-14(2)9-10-20-18(22)16-7-5-11-21(13-16)12-15-6-3-4-8-17(15)19/h3-4,6,8,14,16H,5,7,9-13H2,1-2H3,(H,20,22). The lowest BCUT2D eigenvalue weighted by molar-refractivity contribution is -0.126. The molecule has 0 radical (unpaired) electrons. The van der Waals surface area contributed by atoms with Crippen LogP contribution in [0.1, 0.15) is 38.7 Å². The van der Waals surface area contributed by atoms with E-state index in [-0.39, 0.29) is 17.6 Å². The first-order chi connectivity index (χ1) is 10.6. The van der Waals surface area contributed by atoms with Crippen LogP contribution in [-0.4, -0.2) is 30.4 Å². The number of nitrogens with zero attached hydrogens (tertiary/aromatic N) is 1. The number of likely N-dealkylation sites (tertiary alicyclic amines) is 1. The highest BCUT2D eigenvalue weighted by Crippen LogP contribution is 2.20. The largest absolute Gasteiger partial charge is 0.356 e. The van der Waals surface area contributed by atoms with Gasteiger partial charge in [0.25, 0.3) is 0 Å². The Balaban J connectivity index is 1.83. The molecule has 4 heteroatoms. The fourth-order valence-electron chi connectivity index (χ4n) is 2.91. The van der Waals surface area contributed by atoms with Crippen LogP contribution < -0.4 is 5.32 Å². The van der Waals surface area contributed by atoms with Gasteiger partial charge in [-0.25, -0.2) is 4.39 Å². The van der Waals surface area contributed by atoms with Crippen molar-refractivity contribution in [2.45, 2.75) is 39.7 Å². The van der Waals surface area contributed by atoms with E-state index in [9.17, 15) is 9.18 Å². The van der Waals surface area contributed by atoms with Gasteiger partial charge in [-0.15, -0.1) is 0 Å². The molecule has 22 heavy (non-hydrogen) atoms. The fraction of sp³-hybridized carbons (Fsp3) is 0.611. The first kappa shape index (κ1) is 16.9. The maximum atomic E-state index is 13.7. The van der Waals surface area contributed by atoms with Crippen molar-refractivity contribution < 1.29 is 9.18 Å². The Morgan fingerprint density at radius 1 is 1.41 bits per heavy atom. The van der Waals surface area contributed by atoms with Gasteiger partial charge in [-0.05, 0) is 37.8 Å². The van der Waals surface area contributed by atoms with Gasteiger partial charge in [0.2, 0.25) is 5.91 Å². The molecule has 3 nitrogen and oxygen atoms in total. The minimum absolute atomic E-state index is 0.0349. The van der Waals surface area contributed by atoms with Gasteiger partial charge in [-0.2, -0.15) is 0 Å².